The molecule has 0 spiro atoms. The van der Waals surface area contributed by atoms with Crippen LogP contribution in [0.2, 0.25) is 0 Å². The lowest BCUT2D eigenvalue weighted by atomic mass is 9.94. The Morgan fingerprint density at radius 2 is 1.23 bits per heavy atom. The summed E-state index contributed by atoms with van der Waals surface area (Å²) in [6.45, 7) is 6.86. The maximum atomic E-state index is 11.9. The van der Waals surface area contributed by atoms with Gasteiger partial charge in [-0.3, -0.25) is 4.79 Å². The summed E-state index contributed by atoms with van der Waals surface area (Å²) in [5, 5.41) is 0.194. The lowest BCUT2D eigenvalue weighted by molar-refractivity contribution is -0.148. The van der Waals surface area contributed by atoms with E-state index in [1.165, 1.54) is 57.8 Å². The lowest BCUT2D eigenvalue weighted by Gasteiger charge is -2.15. The number of rotatable bonds is 13. The average Bonchev–Trinajstić information content (AvgIpc) is 2.50. The van der Waals surface area contributed by atoms with Gasteiger partial charge in [-0.2, -0.15) is 0 Å². The summed E-state index contributed by atoms with van der Waals surface area (Å²) in [7, 11) is 0. The Balaban J connectivity index is 0. The monoisotopic (exact) mass is 354 g/mol. The van der Waals surface area contributed by atoms with Gasteiger partial charge in [-0.15, -0.1) is 23.2 Å². The molecule has 2 nitrogen and oxygen atoms in total. The second-order valence-electron chi connectivity index (χ2n) is 5.60. The molecule has 1 unspecified atom stereocenters. The fourth-order valence-corrected chi connectivity index (χ4v) is 2.45. The predicted molar refractivity (Wildman–Crippen MR) is 98.8 cm³/mol. The van der Waals surface area contributed by atoms with Crippen LogP contribution in [0.25, 0.3) is 0 Å². The Morgan fingerprint density at radius 1 is 0.818 bits per heavy atom. The van der Waals surface area contributed by atoms with Crippen molar-refractivity contribution >= 4 is 29.2 Å². The fraction of sp³-hybridized carbons (Fsp3) is 0.944. The van der Waals surface area contributed by atoms with Crippen LogP contribution in [0.5, 0.6) is 0 Å². The molecule has 0 aliphatic rings. The first-order valence-corrected chi connectivity index (χ1v) is 10.0. The van der Waals surface area contributed by atoms with E-state index in [1.807, 2.05) is 6.92 Å². The van der Waals surface area contributed by atoms with Gasteiger partial charge in [-0.25, -0.2) is 0 Å². The molecule has 0 bridgehead atoms. The summed E-state index contributed by atoms with van der Waals surface area (Å²) in [5.41, 5.74) is 0. The zero-order chi connectivity index (χ0) is 17.1. The summed E-state index contributed by atoms with van der Waals surface area (Å²) in [6, 6.07) is 0. The van der Waals surface area contributed by atoms with E-state index in [0.717, 1.165) is 12.8 Å². The molecule has 0 heterocycles. The maximum Gasteiger partial charge on any atom is 0.308 e. The molecule has 4 heteroatoms. The van der Waals surface area contributed by atoms with Gasteiger partial charge in [0, 0.05) is 0 Å². The molecule has 0 aliphatic heterocycles. The van der Waals surface area contributed by atoms with Crippen molar-refractivity contribution in [3.05, 3.63) is 0 Å². The molecule has 0 saturated carbocycles. The SMILES string of the molecule is CCCCCCCC(CCCCCC)C(=O)OCC.ClCCl. The summed E-state index contributed by atoms with van der Waals surface area (Å²) >= 11 is 9.53. The third-order valence-electron chi connectivity index (χ3n) is 3.68. The largest absolute Gasteiger partial charge is 0.466 e. The van der Waals surface area contributed by atoms with Gasteiger partial charge in [-0.1, -0.05) is 71.6 Å². The summed E-state index contributed by atoms with van der Waals surface area (Å²) in [4.78, 5) is 11.9. The molecule has 0 aromatic heterocycles. The third-order valence-corrected chi connectivity index (χ3v) is 3.68. The zero-order valence-electron chi connectivity index (χ0n) is 14.8. The van der Waals surface area contributed by atoms with Gasteiger partial charge in [-0.05, 0) is 19.8 Å². The predicted octanol–water partition coefficient (Wildman–Crippen LogP) is 6.92. The van der Waals surface area contributed by atoms with Gasteiger partial charge in [0.2, 0.25) is 0 Å². The Bertz CT molecular complexity index is 223. The summed E-state index contributed by atoms with van der Waals surface area (Å²) in [6.07, 6.45) is 13.3. The lowest BCUT2D eigenvalue weighted by Crippen LogP contribution is -2.18. The molecule has 0 radical (unpaired) electrons. The molecular formula is C18H36Cl2O2. The van der Waals surface area contributed by atoms with Crippen molar-refractivity contribution in [1.29, 1.82) is 0 Å². The minimum atomic E-state index is 0.0366. The highest BCUT2D eigenvalue weighted by Gasteiger charge is 2.18. The molecule has 0 aromatic carbocycles. The van der Waals surface area contributed by atoms with E-state index < -0.39 is 0 Å². The van der Waals surface area contributed by atoms with Gasteiger partial charge >= 0.3 is 5.97 Å². The number of carbonyl (C=O) groups is 1. The van der Waals surface area contributed by atoms with Crippen molar-refractivity contribution in [2.45, 2.75) is 91.4 Å². The van der Waals surface area contributed by atoms with Crippen molar-refractivity contribution in [3.63, 3.8) is 0 Å². The standard InChI is InChI=1S/C17H34O2.CH2Cl2/c1-4-7-9-11-13-15-16(17(18)19-6-3)14-12-10-8-5-2;2-1-3/h16H,4-15H2,1-3H3;1H2. The Labute approximate surface area is 148 Å². The number of alkyl halides is 2. The first kappa shape index (κ1) is 24.3. The van der Waals surface area contributed by atoms with E-state index >= 15 is 0 Å². The number of halogens is 2. The normalized spacial score (nSPS) is 11.5. The molecular weight excluding hydrogens is 319 g/mol. The topological polar surface area (TPSA) is 26.3 Å². The van der Waals surface area contributed by atoms with E-state index in [-0.39, 0.29) is 17.2 Å². The van der Waals surface area contributed by atoms with Gasteiger partial charge in [0.25, 0.3) is 0 Å². The van der Waals surface area contributed by atoms with Crippen molar-refractivity contribution < 1.29 is 9.53 Å². The number of esters is 1. The molecule has 0 rings (SSSR count). The van der Waals surface area contributed by atoms with E-state index in [9.17, 15) is 4.79 Å². The second kappa shape index (κ2) is 21.0. The first-order chi connectivity index (χ1) is 10.7. The van der Waals surface area contributed by atoms with E-state index in [0.29, 0.717) is 6.61 Å². The van der Waals surface area contributed by atoms with Crippen molar-refractivity contribution in [2.24, 2.45) is 5.92 Å². The van der Waals surface area contributed by atoms with Crippen LogP contribution in [0.3, 0.4) is 0 Å². The van der Waals surface area contributed by atoms with Gasteiger partial charge in [0.05, 0.1) is 17.9 Å². The smallest absolute Gasteiger partial charge is 0.308 e. The van der Waals surface area contributed by atoms with Crippen molar-refractivity contribution in [3.8, 4) is 0 Å². The molecule has 0 amide bonds. The molecule has 0 aromatic rings. The quantitative estimate of drug-likeness (QED) is 0.204. The number of hydrogen-bond acceptors (Lipinski definition) is 2. The Hall–Kier alpha value is 0.0500. The van der Waals surface area contributed by atoms with Crippen LogP contribution in [0.1, 0.15) is 91.4 Å². The molecule has 0 saturated heterocycles. The second-order valence-corrected chi connectivity index (χ2v) is 6.41. The van der Waals surface area contributed by atoms with Gasteiger partial charge < -0.3 is 4.74 Å². The van der Waals surface area contributed by atoms with Crippen LogP contribution in [0, 0.1) is 5.92 Å². The number of carbonyl (C=O) groups excluding carboxylic acids is 1. The average molecular weight is 355 g/mol. The zero-order valence-corrected chi connectivity index (χ0v) is 16.4. The molecule has 0 N–H and O–H groups in total. The van der Waals surface area contributed by atoms with E-state index in [2.05, 4.69) is 13.8 Å². The summed E-state index contributed by atoms with van der Waals surface area (Å²) in [5.74, 6) is 0.188. The molecule has 0 aliphatic carbocycles. The van der Waals surface area contributed by atoms with Gasteiger partial charge in [0.15, 0.2) is 0 Å². The van der Waals surface area contributed by atoms with Crippen molar-refractivity contribution in [1.82, 2.24) is 0 Å². The molecule has 134 valence electrons. The Morgan fingerprint density at radius 3 is 1.64 bits per heavy atom. The third kappa shape index (κ3) is 18.1. The summed E-state index contributed by atoms with van der Waals surface area (Å²) < 4.78 is 5.20. The Kier molecular flexibility index (Phi) is 23.3. The maximum absolute atomic E-state index is 11.9. The van der Waals surface area contributed by atoms with Gasteiger partial charge in [0.1, 0.15) is 0 Å². The highest BCUT2D eigenvalue weighted by molar-refractivity contribution is 6.40. The molecule has 22 heavy (non-hydrogen) atoms. The minimum Gasteiger partial charge on any atom is -0.466 e. The first-order valence-electron chi connectivity index (χ1n) is 8.96. The van der Waals surface area contributed by atoms with Crippen molar-refractivity contribution in [2.75, 3.05) is 11.9 Å². The van der Waals surface area contributed by atoms with Crippen LogP contribution >= 0.6 is 23.2 Å². The number of hydrogen-bond donors (Lipinski definition) is 0. The van der Waals surface area contributed by atoms with Crippen LogP contribution in [0.4, 0.5) is 0 Å². The highest BCUT2D eigenvalue weighted by atomic mass is 35.5. The number of unbranched alkanes of at least 4 members (excludes halogenated alkanes) is 7. The van der Waals surface area contributed by atoms with Crippen LogP contribution in [0.15, 0.2) is 0 Å². The van der Waals surface area contributed by atoms with Crippen LogP contribution in [-0.2, 0) is 9.53 Å². The van der Waals surface area contributed by atoms with Crippen LogP contribution in [-0.4, -0.2) is 17.9 Å². The fourth-order valence-electron chi connectivity index (χ4n) is 2.45. The van der Waals surface area contributed by atoms with Crippen LogP contribution < -0.4 is 0 Å². The van der Waals surface area contributed by atoms with E-state index in [1.54, 1.807) is 0 Å². The molecule has 0 fully saturated rings. The van der Waals surface area contributed by atoms with E-state index in [4.69, 9.17) is 27.9 Å². The minimum absolute atomic E-state index is 0.0366. The number of ether oxygens (including phenoxy) is 1. The molecule has 1 atom stereocenters. The highest BCUT2D eigenvalue weighted by Crippen LogP contribution is 2.20.